The van der Waals surface area contributed by atoms with Crippen molar-refractivity contribution in [3.63, 3.8) is 0 Å². The Balaban J connectivity index is 1.60. The summed E-state index contributed by atoms with van der Waals surface area (Å²) in [6.07, 6.45) is 5.23. The van der Waals surface area contributed by atoms with Gasteiger partial charge in [-0.25, -0.2) is 4.79 Å². The molecule has 1 saturated heterocycles. The van der Waals surface area contributed by atoms with Crippen molar-refractivity contribution in [2.75, 3.05) is 0 Å². The van der Waals surface area contributed by atoms with E-state index in [1.807, 2.05) is 6.07 Å². The number of ether oxygens (including phenoxy) is 2. The number of benzene rings is 1. The second kappa shape index (κ2) is 9.16. The van der Waals surface area contributed by atoms with Gasteiger partial charge >= 0.3 is 11.9 Å². The van der Waals surface area contributed by atoms with Crippen LogP contribution in [0.25, 0.3) is 0 Å². The average Bonchev–Trinajstić information content (AvgIpc) is 3.16. The first kappa shape index (κ1) is 19.6. The lowest BCUT2D eigenvalue weighted by Crippen LogP contribution is -2.26. The molecule has 0 N–H and O–H groups in total. The molecule has 0 spiro atoms. The molecule has 4 atom stereocenters. The van der Waals surface area contributed by atoms with E-state index in [1.54, 1.807) is 24.3 Å². The van der Waals surface area contributed by atoms with E-state index in [0.29, 0.717) is 37.7 Å². The molecule has 146 valence electrons. The fraction of sp³-hybridized carbons (Fsp3) is 0.591. The smallest absolute Gasteiger partial charge is 0.338 e. The quantitative estimate of drug-likeness (QED) is 0.482. The van der Waals surface area contributed by atoms with E-state index in [0.717, 1.165) is 19.3 Å². The molecule has 1 aromatic carbocycles. The zero-order valence-electron chi connectivity index (χ0n) is 15.9. The molecule has 1 aliphatic heterocycles. The van der Waals surface area contributed by atoms with E-state index in [1.165, 1.54) is 0 Å². The predicted octanol–water partition coefficient (Wildman–Crippen LogP) is 4.09. The zero-order chi connectivity index (χ0) is 19.2. The highest BCUT2D eigenvalue weighted by Crippen LogP contribution is 2.45. The van der Waals surface area contributed by atoms with Crippen molar-refractivity contribution in [3.8, 4) is 0 Å². The summed E-state index contributed by atoms with van der Waals surface area (Å²) in [4.78, 5) is 36.3. The molecule has 1 aromatic rings. The van der Waals surface area contributed by atoms with Gasteiger partial charge in [-0.3, -0.25) is 9.59 Å². The number of hydrogen-bond acceptors (Lipinski definition) is 5. The normalized spacial score (nSPS) is 26.5. The molecule has 1 heterocycles. The Bertz CT molecular complexity index is 669. The number of hydrogen-bond donors (Lipinski definition) is 0. The number of esters is 2. The number of unbranched alkanes of at least 4 members (excludes halogenated alkanes) is 2. The van der Waals surface area contributed by atoms with Gasteiger partial charge in [-0.1, -0.05) is 38.0 Å². The van der Waals surface area contributed by atoms with Crippen molar-refractivity contribution in [2.24, 2.45) is 11.8 Å². The van der Waals surface area contributed by atoms with E-state index in [4.69, 9.17) is 9.47 Å². The Morgan fingerprint density at radius 3 is 2.67 bits per heavy atom. The summed E-state index contributed by atoms with van der Waals surface area (Å²) in [6.45, 7) is 2.12. The van der Waals surface area contributed by atoms with Gasteiger partial charge in [0.25, 0.3) is 0 Å². The Morgan fingerprint density at radius 2 is 1.93 bits per heavy atom. The average molecular weight is 372 g/mol. The summed E-state index contributed by atoms with van der Waals surface area (Å²) in [5, 5.41) is 0. The van der Waals surface area contributed by atoms with Gasteiger partial charge in [0.1, 0.15) is 18.0 Å². The number of Topliss-reactive ketones (excluding diaryl/α,β-unsaturated/α-hetero) is 1. The maximum absolute atomic E-state index is 12.4. The highest BCUT2D eigenvalue weighted by molar-refractivity contribution is 5.89. The molecule has 1 saturated carbocycles. The minimum absolute atomic E-state index is 0.00392. The van der Waals surface area contributed by atoms with E-state index >= 15 is 0 Å². The van der Waals surface area contributed by atoms with Gasteiger partial charge in [0.2, 0.25) is 0 Å². The van der Waals surface area contributed by atoms with Crippen LogP contribution in [-0.4, -0.2) is 29.9 Å². The van der Waals surface area contributed by atoms with Crippen LogP contribution < -0.4 is 0 Å². The number of fused-ring (bicyclic) bond motifs is 1. The lowest BCUT2D eigenvalue weighted by atomic mass is 9.87. The summed E-state index contributed by atoms with van der Waals surface area (Å²) in [6, 6.07) is 8.90. The van der Waals surface area contributed by atoms with Crippen LogP contribution in [0.1, 0.15) is 68.6 Å². The molecular formula is C22H28O5. The second-order valence-electron chi connectivity index (χ2n) is 7.64. The van der Waals surface area contributed by atoms with E-state index in [2.05, 4.69) is 6.92 Å². The summed E-state index contributed by atoms with van der Waals surface area (Å²) in [5.41, 5.74) is 0.515. The lowest BCUT2D eigenvalue weighted by Gasteiger charge is -2.23. The van der Waals surface area contributed by atoms with Gasteiger partial charge in [-0.05, 0) is 25.0 Å². The van der Waals surface area contributed by atoms with Gasteiger partial charge in [0.15, 0.2) is 0 Å². The highest BCUT2D eigenvalue weighted by Gasteiger charge is 2.51. The van der Waals surface area contributed by atoms with Gasteiger partial charge in [0, 0.05) is 31.1 Å². The van der Waals surface area contributed by atoms with Crippen molar-refractivity contribution in [1.29, 1.82) is 0 Å². The highest BCUT2D eigenvalue weighted by atomic mass is 16.6. The maximum atomic E-state index is 12.4. The Labute approximate surface area is 160 Å². The van der Waals surface area contributed by atoms with Crippen LogP contribution in [0.5, 0.6) is 0 Å². The number of carbonyl (C=O) groups is 3. The largest absolute Gasteiger partial charge is 0.462 e. The van der Waals surface area contributed by atoms with Crippen molar-refractivity contribution >= 4 is 17.7 Å². The molecule has 3 rings (SSSR count). The molecule has 5 nitrogen and oxygen atoms in total. The van der Waals surface area contributed by atoms with Gasteiger partial charge < -0.3 is 9.47 Å². The number of ketones is 1. The predicted molar refractivity (Wildman–Crippen MR) is 100 cm³/mol. The maximum Gasteiger partial charge on any atom is 0.338 e. The fourth-order valence-corrected chi connectivity index (χ4v) is 4.30. The molecular weight excluding hydrogens is 344 g/mol. The van der Waals surface area contributed by atoms with Crippen LogP contribution in [0.4, 0.5) is 0 Å². The van der Waals surface area contributed by atoms with E-state index in [-0.39, 0.29) is 41.8 Å². The molecule has 2 aliphatic rings. The Hall–Kier alpha value is -2.17. The molecule has 2 fully saturated rings. The van der Waals surface area contributed by atoms with Crippen molar-refractivity contribution in [2.45, 2.75) is 70.5 Å². The van der Waals surface area contributed by atoms with E-state index in [9.17, 15) is 14.4 Å². The minimum atomic E-state index is -0.355. The summed E-state index contributed by atoms with van der Waals surface area (Å²) < 4.78 is 11.2. The van der Waals surface area contributed by atoms with Gasteiger partial charge in [-0.15, -0.1) is 0 Å². The summed E-state index contributed by atoms with van der Waals surface area (Å²) in [7, 11) is 0. The lowest BCUT2D eigenvalue weighted by molar-refractivity contribution is -0.141. The van der Waals surface area contributed by atoms with Crippen LogP contribution >= 0.6 is 0 Å². The zero-order valence-corrected chi connectivity index (χ0v) is 15.9. The third-order valence-electron chi connectivity index (χ3n) is 5.74. The van der Waals surface area contributed by atoms with Gasteiger partial charge in [0.05, 0.1) is 12.0 Å². The van der Waals surface area contributed by atoms with Crippen LogP contribution in [0.3, 0.4) is 0 Å². The van der Waals surface area contributed by atoms with Crippen LogP contribution in [-0.2, 0) is 19.1 Å². The molecule has 5 heteroatoms. The molecule has 2 unspecified atom stereocenters. The van der Waals surface area contributed by atoms with Crippen molar-refractivity contribution in [3.05, 3.63) is 35.9 Å². The first-order valence-electron chi connectivity index (χ1n) is 10.1. The van der Waals surface area contributed by atoms with Crippen LogP contribution in [0.2, 0.25) is 0 Å². The fourth-order valence-electron chi connectivity index (χ4n) is 4.30. The molecule has 27 heavy (non-hydrogen) atoms. The molecule has 1 aliphatic carbocycles. The standard InChI is InChI=1S/C22H28O5/c1-2-3-5-10-16(23)11-12-17-18-13-21(24)26-20(18)14-19(17)27-22(25)15-8-6-4-7-9-15/h4,6-9,17-20H,2-3,5,10-14H2,1H3/t17-,18?,19-,20?/m1/s1. The minimum Gasteiger partial charge on any atom is -0.462 e. The second-order valence-corrected chi connectivity index (χ2v) is 7.64. The summed E-state index contributed by atoms with van der Waals surface area (Å²) in [5.74, 6) is -0.229. The van der Waals surface area contributed by atoms with Crippen molar-refractivity contribution < 1.29 is 23.9 Å². The third-order valence-corrected chi connectivity index (χ3v) is 5.74. The molecule has 0 aromatic heterocycles. The van der Waals surface area contributed by atoms with Crippen molar-refractivity contribution in [1.82, 2.24) is 0 Å². The topological polar surface area (TPSA) is 69.7 Å². The number of rotatable bonds is 9. The Morgan fingerprint density at radius 1 is 1.15 bits per heavy atom. The first-order chi connectivity index (χ1) is 13.1. The first-order valence-corrected chi connectivity index (χ1v) is 10.1. The SMILES string of the molecule is CCCCCC(=O)CC[C@@H]1C2CC(=O)OC2C[C@H]1OC(=O)c1ccccc1. The molecule has 0 radical (unpaired) electrons. The summed E-state index contributed by atoms with van der Waals surface area (Å²) >= 11 is 0. The van der Waals surface area contributed by atoms with Crippen LogP contribution in [0.15, 0.2) is 30.3 Å². The van der Waals surface area contributed by atoms with Crippen LogP contribution in [0, 0.1) is 11.8 Å². The number of carbonyl (C=O) groups excluding carboxylic acids is 3. The molecule has 0 bridgehead atoms. The van der Waals surface area contributed by atoms with E-state index < -0.39 is 0 Å². The van der Waals surface area contributed by atoms with Gasteiger partial charge in [-0.2, -0.15) is 0 Å². The monoisotopic (exact) mass is 372 g/mol. The molecule has 0 amide bonds. The third kappa shape index (κ3) is 4.96. The Kier molecular flexibility index (Phi) is 6.64.